The molecule has 0 unspecified atom stereocenters. The summed E-state index contributed by atoms with van der Waals surface area (Å²) in [5, 5.41) is 17.0. The smallest absolute Gasteiger partial charge is 0.314 e. The molecule has 0 spiro atoms. The number of hydrogen-bond donors (Lipinski definition) is 2. The summed E-state index contributed by atoms with van der Waals surface area (Å²) < 4.78 is 0. The van der Waals surface area contributed by atoms with Crippen LogP contribution in [0.5, 0.6) is 0 Å². The second-order valence-electron chi connectivity index (χ2n) is 7.74. The van der Waals surface area contributed by atoms with Crippen molar-refractivity contribution in [1.82, 2.24) is 15.1 Å². The minimum absolute atomic E-state index is 0.122. The van der Waals surface area contributed by atoms with Gasteiger partial charge in [0.1, 0.15) is 0 Å². The Hall–Kier alpha value is -3.81. The summed E-state index contributed by atoms with van der Waals surface area (Å²) in [6, 6.07) is 11.5. The van der Waals surface area contributed by atoms with Crippen molar-refractivity contribution in [1.29, 1.82) is 0 Å². The van der Waals surface area contributed by atoms with Crippen LogP contribution in [0.15, 0.2) is 47.3 Å². The number of carbonyl (C=O) groups is 3. The van der Waals surface area contributed by atoms with E-state index in [0.717, 1.165) is 11.3 Å². The molecular formula is C22H17N3O5. The molecule has 0 radical (unpaired) electrons. The molecule has 0 saturated heterocycles. The van der Waals surface area contributed by atoms with Gasteiger partial charge in [0, 0.05) is 5.39 Å². The topological polar surface area (TPSA) is 120 Å². The molecule has 1 fully saturated rings. The van der Waals surface area contributed by atoms with Gasteiger partial charge in [0.05, 0.1) is 34.2 Å². The molecule has 150 valence electrons. The number of fused-ring (bicyclic) bond motifs is 2. The molecule has 1 aliphatic carbocycles. The Bertz CT molecular complexity index is 1270. The lowest BCUT2D eigenvalue weighted by Crippen LogP contribution is -2.42. The number of rotatable bonds is 4. The number of carboxylic acids is 1. The molecule has 2 amide bonds. The van der Waals surface area contributed by atoms with Crippen LogP contribution in [0.25, 0.3) is 10.8 Å². The minimum Gasteiger partial charge on any atom is -0.481 e. The van der Waals surface area contributed by atoms with Crippen LogP contribution in [0.1, 0.15) is 51.2 Å². The van der Waals surface area contributed by atoms with Crippen LogP contribution in [-0.4, -0.2) is 38.0 Å². The highest BCUT2D eigenvalue weighted by atomic mass is 16.4. The number of nitrogens with one attached hydrogen (secondary N) is 1. The lowest BCUT2D eigenvalue weighted by molar-refractivity contribution is -0.147. The largest absolute Gasteiger partial charge is 0.481 e. The molecule has 0 atom stereocenters. The van der Waals surface area contributed by atoms with E-state index >= 15 is 0 Å². The first kappa shape index (κ1) is 18.2. The molecule has 8 heteroatoms. The summed E-state index contributed by atoms with van der Waals surface area (Å²) in [6.45, 7) is -0.122. The third-order valence-electron chi connectivity index (χ3n) is 6.22. The molecule has 5 rings (SSSR count). The third kappa shape index (κ3) is 2.43. The fourth-order valence-corrected chi connectivity index (χ4v) is 4.33. The van der Waals surface area contributed by atoms with E-state index in [4.69, 9.17) is 0 Å². The Balaban J connectivity index is 1.60. The van der Waals surface area contributed by atoms with Gasteiger partial charge in [-0.3, -0.25) is 24.1 Å². The zero-order valence-corrected chi connectivity index (χ0v) is 15.8. The summed E-state index contributed by atoms with van der Waals surface area (Å²) in [6.07, 6.45) is 1.87. The average molecular weight is 403 g/mol. The van der Waals surface area contributed by atoms with Gasteiger partial charge in [-0.2, -0.15) is 5.10 Å². The highest BCUT2D eigenvalue weighted by molar-refractivity contribution is 6.21. The number of H-pyrrole nitrogens is 1. The highest BCUT2D eigenvalue weighted by Crippen LogP contribution is 2.44. The van der Waals surface area contributed by atoms with Crippen LogP contribution in [0.4, 0.5) is 0 Å². The maximum absolute atomic E-state index is 12.7. The van der Waals surface area contributed by atoms with E-state index in [1.807, 2.05) is 0 Å². The SMILES string of the molecule is O=C1c2ccccc2C(=O)N1Cc1n[nH]c(=O)c2ccc(C3(C(=O)O)CCC3)cc12. The molecule has 1 aliphatic heterocycles. The lowest BCUT2D eigenvalue weighted by Gasteiger charge is -2.38. The molecular weight excluding hydrogens is 386 g/mol. The zero-order chi connectivity index (χ0) is 21.0. The summed E-state index contributed by atoms with van der Waals surface area (Å²) >= 11 is 0. The van der Waals surface area contributed by atoms with E-state index < -0.39 is 28.8 Å². The number of amides is 2. The molecule has 30 heavy (non-hydrogen) atoms. The lowest BCUT2D eigenvalue weighted by atomic mass is 9.64. The molecule has 1 saturated carbocycles. The van der Waals surface area contributed by atoms with Crippen LogP contribution in [0.3, 0.4) is 0 Å². The van der Waals surface area contributed by atoms with Crippen molar-refractivity contribution in [2.24, 2.45) is 0 Å². The number of carbonyl (C=O) groups excluding carboxylic acids is 2. The maximum Gasteiger partial charge on any atom is 0.314 e. The molecule has 3 aromatic rings. The number of imide groups is 1. The van der Waals surface area contributed by atoms with Crippen molar-refractivity contribution in [3.05, 3.63) is 75.2 Å². The van der Waals surface area contributed by atoms with Crippen molar-refractivity contribution >= 4 is 28.6 Å². The van der Waals surface area contributed by atoms with Gasteiger partial charge in [-0.1, -0.05) is 24.6 Å². The molecule has 2 heterocycles. The Morgan fingerprint density at radius 3 is 2.27 bits per heavy atom. The van der Waals surface area contributed by atoms with Crippen molar-refractivity contribution in [3.8, 4) is 0 Å². The fraction of sp³-hybridized carbons (Fsp3) is 0.227. The van der Waals surface area contributed by atoms with Gasteiger partial charge in [-0.25, -0.2) is 5.10 Å². The Morgan fingerprint density at radius 2 is 1.70 bits per heavy atom. The number of aliphatic carboxylic acids is 1. The summed E-state index contributed by atoms with van der Waals surface area (Å²) in [5.74, 6) is -1.74. The fourth-order valence-electron chi connectivity index (χ4n) is 4.33. The van der Waals surface area contributed by atoms with E-state index in [2.05, 4.69) is 10.2 Å². The van der Waals surface area contributed by atoms with Gasteiger partial charge in [0.15, 0.2) is 0 Å². The van der Waals surface area contributed by atoms with Crippen molar-refractivity contribution in [3.63, 3.8) is 0 Å². The predicted octanol–water partition coefficient (Wildman–Crippen LogP) is 2.23. The van der Waals surface area contributed by atoms with E-state index in [1.54, 1.807) is 42.5 Å². The number of nitrogens with zero attached hydrogens (tertiary/aromatic N) is 2. The van der Waals surface area contributed by atoms with Gasteiger partial charge < -0.3 is 5.11 Å². The van der Waals surface area contributed by atoms with Crippen molar-refractivity contribution < 1.29 is 19.5 Å². The Morgan fingerprint density at radius 1 is 1.03 bits per heavy atom. The Labute approximate surface area is 170 Å². The van der Waals surface area contributed by atoms with E-state index in [9.17, 15) is 24.3 Å². The number of carboxylic acid groups (broad SMARTS) is 1. The van der Waals surface area contributed by atoms with Crippen LogP contribution < -0.4 is 5.56 Å². The first-order chi connectivity index (χ1) is 14.4. The van der Waals surface area contributed by atoms with Crippen molar-refractivity contribution in [2.75, 3.05) is 0 Å². The first-order valence-corrected chi connectivity index (χ1v) is 9.63. The van der Waals surface area contributed by atoms with Gasteiger partial charge in [0.25, 0.3) is 17.4 Å². The first-order valence-electron chi connectivity index (χ1n) is 9.63. The minimum atomic E-state index is -0.969. The van der Waals surface area contributed by atoms with Gasteiger partial charge in [0.2, 0.25) is 0 Å². The quantitative estimate of drug-likeness (QED) is 0.645. The molecule has 2 aliphatic rings. The summed E-state index contributed by atoms with van der Waals surface area (Å²) in [7, 11) is 0. The van der Waals surface area contributed by atoms with Gasteiger partial charge >= 0.3 is 5.97 Å². The van der Waals surface area contributed by atoms with Crippen LogP contribution in [-0.2, 0) is 16.8 Å². The zero-order valence-electron chi connectivity index (χ0n) is 15.8. The summed E-state index contributed by atoms with van der Waals surface area (Å²) in [5.41, 5.74) is 0.211. The third-order valence-corrected chi connectivity index (χ3v) is 6.22. The standard InChI is InChI=1S/C22H17N3O5/c26-18-13-7-6-12(22(21(29)30)8-3-9-22)10-16(13)17(23-24-18)11-25-19(27)14-4-1-2-5-15(14)20(25)28/h1-2,4-7,10H,3,8-9,11H2,(H,24,26)(H,29,30). The summed E-state index contributed by atoms with van der Waals surface area (Å²) in [4.78, 5) is 50.7. The number of benzene rings is 2. The highest BCUT2D eigenvalue weighted by Gasteiger charge is 2.46. The van der Waals surface area contributed by atoms with E-state index in [-0.39, 0.29) is 6.54 Å². The number of hydrogen-bond acceptors (Lipinski definition) is 5. The molecule has 2 N–H and O–H groups in total. The molecule has 2 aromatic carbocycles. The van der Waals surface area contributed by atoms with Crippen LogP contribution >= 0.6 is 0 Å². The van der Waals surface area contributed by atoms with E-state index in [1.165, 1.54) is 0 Å². The average Bonchev–Trinajstić information content (AvgIpc) is 2.94. The van der Waals surface area contributed by atoms with E-state index in [0.29, 0.717) is 46.0 Å². The van der Waals surface area contributed by atoms with Gasteiger partial charge in [-0.05, 0) is 42.7 Å². The monoisotopic (exact) mass is 403 g/mol. The van der Waals surface area contributed by atoms with Crippen LogP contribution in [0, 0.1) is 0 Å². The Kier molecular flexibility index (Phi) is 3.86. The number of aromatic amines is 1. The molecule has 0 bridgehead atoms. The number of aromatic nitrogens is 2. The normalized spacial score (nSPS) is 17.1. The second kappa shape index (κ2) is 6.35. The second-order valence-corrected chi connectivity index (χ2v) is 7.74. The predicted molar refractivity (Wildman–Crippen MR) is 106 cm³/mol. The maximum atomic E-state index is 12.7. The molecule has 1 aromatic heterocycles. The molecule has 8 nitrogen and oxygen atoms in total. The van der Waals surface area contributed by atoms with Crippen LogP contribution in [0.2, 0.25) is 0 Å². The van der Waals surface area contributed by atoms with Crippen molar-refractivity contribution in [2.45, 2.75) is 31.2 Å². The van der Waals surface area contributed by atoms with Gasteiger partial charge in [-0.15, -0.1) is 0 Å².